The van der Waals surface area contributed by atoms with E-state index in [1.54, 1.807) is 6.92 Å². The zero-order valence-corrected chi connectivity index (χ0v) is 8.00. The fourth-order valence-electron chi connectivity index (χ4n) is 0.964. The van der Waals surface area contributed by atoms with Crippen LogP contribution in [0.4, 0.5) is 0 Å². The van der Waals surface area contributed by atoms with Crippen LogP contribution in [0.25, 0.3) is 0 Å². The molecule has 1 aromatic heterocycles. The summed E-state index contributed by atoms with van der Waals surface area (Å²) in [6.45, 7) is 4.41. The summed E-state index contributed by atoms with van der Waals surface area (Å²) in [7, 11) is 0. The fraction of sp³-hybridized carbons (Fsp3) is 0.500. The van der Waals surface area contributed by atoms with E-state index < -0.39 is 0 Å². The van der Waals surface area contributed by atoms with Crippen molar-refractivity contribution in [3.63, 3.8) is 0 Å². The lowest BCUT2D eigenvalue weighted by Gasteiger charge is -2.03. The molecule has 1 rings (SSSR count). The first-order valence-corrected chi connectivity index (χ1v) is 4.47. The van der Waals surface area contributed by atoms with Crippen molar-refractivity contribution < 1.29 is 9.15 Å². The van der Waals surface area contributed by atoms with Crippen molar-refractivity contribution in [3.05, 3.63) is 28.1 Å². The molecule has 0 atom stereocenters. The van der Waals surface area contributed by atoms with Crippen LogP contribution in [-0.4, -0.2) is 6.61 Å². The van der Waals surface area contributed by atoms with Gasteiger partial charge in [0.15, 0.2) is 5.43 Å². The monoisotopic (exact) mass is 182 g/mol. The van der Waals surface area contributed by atoms with E-state index in [2.05, 4.69) is 6.92 Å². The van der Waals surface area contributed by atoms with Gasteiger partial charge in [-0.05, 0) is 13.3 Å². The average Bonchev–Trinajstić information content (AvgIpc) is 2.03. The Balaban J connectivity index is 2.61. The van der Waals surface area contributed by atoms with E-state index in [1.807, 2.05) is 0 Å². The normalized spacial score (nSPS) is 10.0. The lowest BCUT2D eigenvalue weighted by atomic mass is 10.4. The molecular weight excluding hydrogens is 168 g/mol. The molecule has 0 aliphatic heterocycles. The minimum Gasteiger partial charge on any atom is -0.465 e. The number of rotatable bonds is 4. The van der Waals surface area contributed by atoms with Gasteiger partial charge >= 0.3 is 0 Å². The third kappa shape index (κ3) is 3.32. The van der Waals surface area contributed by atoms with Crippen LogP contribution in [0.5, 0.6) is 5.95 Å². The van der Waals surface area contributed by atoms with Gasteiger partial charge in [0.25, 0.3) is 5.95 Å². The van der Waals surface area contributed by atoms with Crippen LogP contribution < -0.4 is 10.2 Å². The fourth-order valence-corrected chi connectivity index (χ4v) is 0.964. The van der Waals surface area contributed by atoms with Crippen LogP contribution in [0.1, 0.15) is 25.5 Å². The zero-order valence-electron chi connectivity index (χ0n) is 8.00. The van der Waals surface area contributed by atoms with Gasteiger partial charge in [0.05, 0.1) is 12.7 Å². The predicted octanol–water partition coefficient (Wildman–Crippen LogP) is 2.13. The van der Waals surface area contributed by atoms with Crippen LogP contribution in [0.15, 0.2) is 21.3 Å². The van der Waals surface area contributed by atoms with E-state index in [-0.39, 0.29) is 5.43 Å². The van der Waals surface area contributed by atoms with Gasteiger partial charge in [0.2, 0.25) is 0 Å². The summed E-state index contributed by atoms with van der Waals surface area (Å²) in [4.78, 5) is 11.0. The second-order valence-electron chi connectivity index (χ2n) is 2.92. The van der Waals surface area contributed by atoms with Crippen molar-refractivity contribution >= 4 is 0 Å². The Hall–Kier alpha value is -1.25. The van der Waals surface area contributed by atoms with E-state index in [9.17, 15) is 4.79 Å². The Morgan fingerprint density at radius 3 is 2.85 bits per heavy atom. The SMILES string of the molecule is CCCCOc1cc(=O)cc(C)o1. The summed E-state index contributed by atoms with van der Waals surface area (Å²) >= 11 is 0. The van der Waals surface area contributed by atoms with E-state index in [1.165, 1.54) is 12.1 Å². The molecule has 13 heavy (non-hydrogen) atoms. The lowest BCUT2D eigenvalue weighted by Crippen LogP contribution is -2.02. The molecule has 72 valence electrons. The van der Waals surface area contributed by atoms with Gasteiger partial charge in [-0.1, -0.05) is 13.3 Å². The molecule has 0 saturated carbocycles. The topological polar surface area (TPSA) is 39.4 Å². The van der Waals surface area contributed by atoms with Gasteiger partial charge in [-0.15, -0.1) is 0 Å². The number of aryl methyl sites for hydroxylation is 1. The van der Waals surface area contributed by atoms with Gasteiger partial charge < -0.3 is 9.15 Å². The Labute approximate surface area is 77.3 Å². The molecule has 3 nitrogen and oxygen atoms in total. The summed E-state index contributed by atoms with van der Waals surface area (Å²) in [6.07, 6.45) is 2.04. The highest BCUT2D eigenvalue weighted by atomic mass is 16.6. The summed E-state index contributed by atoms with van der Waals surface area (Å²) in [5, 5.41) is 0. The highest BCUT2D eigenvalue weighted by Gasteiger charge is 1.98. The standard InChI is InChI=1S/C10H14O3/c1-3-4-5-12-10-7-9(11)6-8(2)13-10/h6-7H,3-5H2,1-2H3. The molecule has 1 aromatic rings. The molecule has 0 N–H and O–H groups in total. The minimum atomic E-state index is -0.0738. The van der Waals surface area contributed by atoms with Crippen molar-refractivity contribution in [2.75, 3.05) is 6.61 Å². The van der Waals surface area contributed by atoms with Gasteiger partial charge in [0, 0.05) is 6.07 Å². The molecule has 3 heteroatoms. The average molecular weight is 182 g/mol. The number of hydrogen-bond acceptors (Lipinski definition) is 3. The largest absolute Gasteiger partial charge is 0.465 e. The maximum Gasteiger partial charge on any atom is 0.288 e. The Bertz CT molecular complexity index is 314. The second-order valence-corrected chi connectivity index (χ2v) is 2.92. The first kappa shape index (κ1) is 9.84. The third-order valence-corrected chi connectivity index (χ3v) is 1.61. The number of unbranched alkanes of at least 4 members (excludes halogenated alkanes) is 1. The molecule has 0 amide bonds. The quantitative estimate of drug-likeness (QED) is 0.669. The molecule has 0 radical (unpaired) electrons. The molecule has 1 heterocycles. The lowest BCUT2D eigenvalue weighted by molar-refractivity contribution is 0.228. The van der Waals surface area contributed by atoms with Crippen molar-refractivity contribution in [3.8, 4) is 5.95 Å². The third-order valence-electron chi connectivity index (χ3n) is 1.61. The molecule has 0 saturated heterocycles. The zero-order chi connectivity index (χ0) is 9.68. The number of hydrogen-bond donors (Lipinski definition) is 0. The van der Waals surface area contributed by atoms with E-state index in [4.69, 9.17) is 9.15 Å². The van der Waals surface area contributed by atoms with Crippen molar-refractivity contribution in [2.24, 2.45) is 0 Å². The van der Waals surface area contributed by atoms with Gasteiger partial charge in [0.1, 0.15) is 5.76 Å². The Morgan fingerprint density at radius 2 is 2.23 bits per heavy atom. The van der Waals surface area contributed by atoms with Crippen LogP contribution in [-0.2, 0) is 0 Å². The highest BCUT2D eigenvalue weighted by molar-refractivity contribution is 5.09. The first-order chi connectivity index (χ1) is 6.22. The summed E-state index contributed by atoms with van der Waals surface area (Å²) in [5.41, 5.74) is -0.0738. The van der Waals surface area contributed by atoms with Crippen LogP contribution in [0.3, 0.4) is 0 Å². The number of ether oxygens (including phenoxy) is 1. The molecular formula is C10H14O3. The molecule has 0 aliphatic rings. The van der Waals surface area contributed by atoms with Crippen molar-refractivity contribution in [1.82, 2.24) is 0 Å². The summed E-state index contributed by atoms with van der Waals surface area (Å²) in [6, 6.07) is 2.80. The van der Waals surface area contributed by atoms with Crippen LogP contribution in [0, 0.1) is 6.92 Å². The van der Waals surface area contributed by atoms with E-state index >= 15 is 0 Å². The molecule has 0 aromatic carbocycles. The van der Waals surface area contributed by atoms with Gasteiger partial charge in [-0.2, -0.15) is 0 Å². The molecule has 0 spiro atoms. The first-order valence-electron chi connectivity index (χ1n) is 4.47. The van der Waals surface area contributed by atoms with Gasteiger partial charge in [-0.25, -0.2) is 0 Å². The maximum absolute atomic E-state index is 11.0. The smallest absolute Gasteiger partial charge is 0.288 e. The molecule has 0 unspecified atom stereocenters. The van der Waals surface area contributed by atoms with Crippen LogP contribution in [0.2, 0.25) is 0 Å². The highest BCUT2D eigenvalue weighted by Crippen LogP contribution is 2.09. The minimum absolute atomic E-state index is 0.0738. The Kier molecular flexibility index (Phi) is 3.55. The molecule has 0 fully saturated rings. The van der Waals surface area contributed by atoms with E-state index in [0.29, 0.717) is 18.3 Å². The van der Waals surface area contributed by atoms with Crippen molar-refractivity contribution in [2.45, 2.75) is 26.7 Å². The molecule has 0 aliphatic carbocycles. The maximum atomic E-state index is 11.0. The van der Waals surface area contributed by atoms with Crippen molar-refractivity contribution in [1.29, 1.82) is 0 Å². The Morgan fingerprint density at radius 1 is 1.46 bits per heavy atom. The predicted molar refractivity (Wildman–Crippen MR) is 50.1 cm³/mol. The van der Waals surface area contributed by atoms with Gasteiger partial charge in [-0.3, -0.25) is 4.79 Å². The van der Waals surface area contributed by atoms with E-state index in [0.717, 1.165) is 12.8 Å². The summed E-state index contributed by atoms with van der Waals surface area (Å²) in [5.74, 6) is 0.900. The second kappa shape index (κ2) is 4.70. The van der Waals surface area contributed by atoms with Crippen LogP contribution >= 0.6 is 0 Å². The summed E-state index contributed by atoms with van der Waals surface area (Å²) < 4.78 is 10.4. The molecule has 0 bridgehead atoms.